The second-order valence-corrected chi connectivity index (χ2v) is 9.90. The number of ether oxygens (including phenoxy) is 1. The maximum absolute atomic E-state index is 13.3. The standard InChI is InChI=1S/C25H28ClFN6O3/c1-5-9-32-22(34)19-20(30-24(32)26)29-21(33(19)15-36-23(35)25(2,3)4)18-12-28-31(14-18)13-17-8-6-7-16(10-17)11-27/h6-8,10,12,14H,5,9,11,13,15H2,1-4H3. The number of hydrogen-bond acceptors (Lipinski definition) is 6. The number of carbonyl (C=O) groups is 1. The van der Waals surface area contributed by atoms with Crippen LogP contribution in [0.4, 0.5) is 4.39 Å². The van der Waals surface area contributed by atoms with Crippen LogP contribution < -0.4 is 5.56 Å². The van der Waals surface area contributed by atoms with Crippen LogP contribution >= 0.6 is 11.6 Å². The number of imidazole rings is 1. The van der Waals surface area contributed by atoms with Gasteiger partial charge in [0.25, 0.3) is 5.56 Å². The van der Waals surface area contributed by atoms with Crippen LogP contribution in [0, 0.1) is 5.41 Å². The fourth-order valence-corrected chi connectivity index (χ4v) is 4.00. The molecule has 0 radical (unpaired) electrons. The number of halogens is 2. The van der Waals surface area contributed by atoms with Gasteiger partial charge in [0.1, 0.15) is 12.5 Å². The van der Waals surface area contributed by atoms with Crippen LogP contribution in [0.5, 0.6) is 0 Å². The third-order valence-corrected chi connectivity index (χ3v) is 5.87. The molecule has 4 aromatic rings. The quantitative estimate of drug-likeness (QED) is 0.252. The minimum Gasteiger partial charge on any atom is -0.443 e. The lowest BCUT2D eigenvalue weighted by Crippen LogP contribution is -2.27. The van der Waals surface area contributed by atoms with Gasteiger partial charge in [0, 0.05) is 12.7 Å². The summed E-state index contributed by atoms with van der Waals surface area (Å²) in [4.78, 5) is 34.7. The second kappa shape index (κ2) is 10.2. The van der Waals surface area contributed by atoms with E-state index in [4.69, 9.17) is 16.3 Å². The molecule has 3 aromatic heterocycles. The van der Waals surface area contributed by atoms with Gasteiger partial charge in [-0.1, -0.05) is 31.2 Å². The molecule has 0 aliphatic carbocycles. The molecule has 0 unspecified atom stereocenters. The van der Waals surface area contributed by atoms with E-state index < -0.39 is 18.1 Å². The fourth-order valence-electron chi connectivity index (χ4n) is 3.76. The Morgan fingerprint density at radius 1 is 1.17 bits per heavy atom. The summed E-state index contributed by atoms with van der Waals surface area (Å²) in [6.07, 6.45) is 4.05. The Balaban J connectivity index is 1.77. The highest BCUT2D eigenvalue weighted by Crippen LogP contribution is 2.25. The van der Waals surface area contributed by atoms with E-state index in [-0.39, 0.29) is 28.7 Å². The van der Waals surface area contributed by atoms with Crippen LogP contribution in [0.25, 0.3) is 22.6 Å². The molecule has 3 heterocycles. The molecule has 36 heavy (non-hydrogen) atoms. The van der Waals surface area contributed by atoms with Crippen molar-refractivity contribution in [1.82, 2.24) is 28.9 Å². The van der Waals surface area contributed by atoms with Crippen LogP contribution in [0.1, 0.15) is 45.2 Å². The number of nitrogens with zero attached hydrogens (tertiary/aromatic N) is 6. The third-order valence-electron chi connectivity index (χ3n) is 5.58. The van der Waals surface area contributed by atoms with E-state index in [1.807, 2.05) is 13.0 Å². The average Bonchev–Trinajstić information content (AvgIpc) is 3.44. The first-order valence-electron chi connectivity index (χ1n) is 11.6. The lowest BCUT2D eigenvalue weighted by molar-refractivity contribution is -0.156. The zero-order chi connectivity index (χ0) is 26.0. The van der Waals surface area contributed by atoms with Crippen molar-refractivity contribution in [2.75, 3.05) is 0 Å². The Morgan fingerprint density at radius 3 is 2.61 bits per heavy atom. The largest absolute Gasteiger partial charge is 0.443 e. The summed E-state index contributed by atoms with van der Waals surface area (Å²) in [6.45, 7) is 7.22. The van der Waals surface area contributed by atoms with Crippen LogP contribution in [-0.4, -0.2) is 34.9 Å². The minimum absolute atomic E-state index is 0.0423. The van der Waals surface area contributed by atoms with E-state index in [1.54, 1.807) is 56.0 Å². The molecule has 190 valence electrons. The normalized spacial score (nSPS) is 11.8. The van der Waals surface area contributed by atoms with Crippen LogP contribution in [0.3, 0.4) is 0 Å². The Morgan fingerprint density at radius 2 is 1.92 bits per heavy atom. The van der Waals surface area contributed by atoms with Crippen LogP contribution in [-0.2, 0) is 36.0 Å². The molecular weight excluding hydrogens is 487 g/mol. The summed E-state index contributed by atoms with van der Waals surface area (Å²) in [6, 6.07) is 7.20. The maximum atomic E-state index is 13.3. The molecular formula is C25H28ClFN6O3. The topological polar surface area (TPSA) is 96.8 Å². The Labute approximate surface area is 212 Å². The zero-order valence-electron chi connectivity index (χ0n) is 20.7. The van der Waals surface area contributed by atoms with Gasteiger partial charge in [-0.25, -0.2) is 9.37 Å². The summed E-state index contributed by atoms with van der Waals surface area (Å²) in [5.74, 6) is -0.0556. The molecule has 0 saturated carbocycles. The molecule has 0 amide bonds. The van der Waals surface area contributed by atoms with Gasteiger partial charge in [-0.15, -0.1) is 0 Å². The van der Waals surface area contributed by atoms with Crippen molar-refractivity contribution in [3.63, 3.8) is 0 Å². The molecule has 0 spiro atoms. The van der Waals surface area contributed by atoms with Crippen molar-refractivity contribution in [2.24, 2.45) is 5.41 Å². The molecule has 0 aliphatic heterocycles. The molecule has 0 fully saturated rings. The Hall–Kier alpha value is -3.53. The molecule has 0 aliphatic rings. The molecule has 11 heteroatoms. The fraction of sp³-hybridized carbons (Fsp3) is 0.400. The van der Waals surface area contributed by atoms with E-state index in [1.165, 1.54) is 9.13 Å². The second-order valence-electron chi connectivity index (χ2n) is 9.56. The highest BCUT2D eigenvalue weighted by Gasteiger charge is 2.26. The predicted molar refractivity (Wildman–Crippen MR) is 134 cm³/mol. The predicted octanol–water partition coefficient (Wildman–Crippen LogP) is 4.58. The third kappa shape index (κ3) is 5.18. The lowest BCUT2D eigenvalue weighted by Gasteiger charge is -2.17. The van der Waals surface area contributed by atoms with Crippen molar-refractivity contribution in [2.45, 2.75) is 60.6 Å². The monoisotopic (exact) mass is 514 g/mol. The first-order valence-corrected chi connectivity index (χ1v) is 12.0. The van der Waals surface area contributed by atoms with Crippen molar-refractivity contribution in [3.8, 4) is 11.4 Å². The van der Waals surface area contributed by atoms with Gasteiger partial charge >= 0.3 is 5.97 Å². The number of hydrogen-bond donors (Lipinski definition) is 0. The van der Waals surface area contributed by atoms with Gasteiger partial charge < -0.3 is 4.74 Å². The zero-order valence-corrected chi connectivity index (χ0v) is 21.4. The number of aromatic nitrogens is 6. The van der Waals surface area contributed by atoms with Crippen molar-refractivity contribution in [3.05, 3.63) is 63.4 Å². The highest BCUT2D eigenvalue weighted by atomic mass is 35.5. The molecule has 9 nitrogen and oxygen atoms in total. The Kier molecular flexibility index (Phi) is 7.26. The van der Waals surface area contributed by atoms with Crippen molar-refractivity contribution >= 4 is 28.7 Å². The maximum Gasteiger partial charge on any atom is 0.312 e. The number of alkyl halides is 1. The number of carbonyl (C=O) groups excluding carboxylic acids is 1. The molecule has 0 N–H and O–H groups in total. The van der Waals surface area contributed by atoms with E-state index in [0.717, 1.165) is 5.56 Å². The summed E-state index contributed by atoms with van der Waals surface area (Å²) < 4.78 is 23.2. The first-order chi connectivity index (χ1) is 17.1. The van der Waals surface area contributed by atoms with Crippen LogP contribution in [0.15, 0.2) is 41.5 Å². The number of benzene rings is 1. The summed E-state index contributed by atoms with van der Waals surface area (Å²) in [5, 5.41) is 4.45. The minimum atomic E-state index is -0.723. The Bertz CT molecular complexity index is 1470. The molecule has 1 aromatic carbocycles. The molecule has 0 atom stereocenters. The molecule has 0 bridgehead atoms. The summed E-state index contributed by atoms with van der Waals surface area (Å²) >= 11 is 6.28. The summed E-state index contributed by atoms with van der Waals surface area (Å²) in [7, 11) is 0. The molecule has 0 saturated heterocycles. The van der Waals surface area contributed by atoms with E-state index >= 15 is 0 Å². The van der Waals surface area contributed by atoms with Crippen LogP contribution in [0.2, 0.25) is 5.28 Å². The van der Waals surface area contributed by atoms with Gasteiger partial charge in [0.2, 0.25) is 5.28 Å². The van der Waals surface area contributed by atoms with Gasteiger partial charge in [0.05, 0.1) is 23.7 Å². The highest BCUT2D eigenvalue weighted by molar-refractivity contribution is 6.28. The van der Waals surface area contributed by atoms with Gasteiger partial charge in [-0.05, 0) is 49.9 Å². The first kappa shape index (κ1) is 25.6. The van der Waals surface area contributed by atoms with Crippen molar-refractivity contribution < 1.29 is 13.9 Å². The summed E-state index contributed by atoms with van der Waals surface area (Å²) in [5.41, 5.74) is 1.33. The van der Waals surface area contributed by atoms with E-state index in [0.29, 0.717) is 36.5 Å². The van der Waals surface area contributed by atoms with E-state index in [9.17, 15) is 14.0 Å². The average molecular weight is 515 g/mol. The lowest BCUT2D eigenvalue weighted by atomic mass is 9.98. The smallest absolute Gasteiger partial charge is 0.312 e. The molecule has 4 rings (SSSR count). The van der Waals surface area contributed by atoms with Gasteiger partial charge in [0.15, 0.2) is 17.9 Å². The number of fused-ring (bicyclic) bond motifs is 1. The number of rotatable bonds is 8. The van der Waals surface area contributed by atoms with Gasteiger partial charge in [-0.2, -0.15) is 10.1 Å². The number of esters is 1. The van der Waals surface area contributed by atoms with Crippen molar-refractivity contribution in [1.29, 1.82) is 0 Å². The van der Waals surface area contributed by atoms with Gasteiger partial charge in [-0.3, -0.25) is 23.4 Å². The SMILES string of the molecule is CCCn1c(Cl)nc2nc(-c3cnn(Cc4cccc(CF)c4)c3)n(COC(=O)C(C)(C)C)c2c1=O. The van der Waals surface area contributed by atoms with E-state index in [2.05, 4.69) is 15.1 Å².